The summed E-state index contributed by atoms with van der Waals surface area (Å²) in [4.78, 5) is 18.9. The summed E-state index contributed by atoms with van der Waals surface area (Å²) >= 11 is 0. The summed E-state index contributed by atoms with van der Waals surface area (Å²) < 4.78 is 5.45. The maximum absolute atomic E-state index is 12.1. The van der Waals surface area contributed by atoms with Crippen LogP contribution in [0.2, 0.25) is 0 Å². The van der Waals surface area contributed by atoms with Gasteiger partial charge in [0, 0.05) is 50.9 Å². The molecule has 0 aromatic heterocycles. The van der Waals surface area contributed by atoms with Crippen LogP contribution in [0.1, 0.15) is 49.5 Å². The largest absolute Gasteiger partial charge is 0.379 e. The maximum atomic E-state index is 12.1. The third kappa shape index (κ3) is 7.66. The van der Waals surface area contributed by atoms with Crippen molar-refractivity contribution in [3.63, 3.8) is 0 Å². The van der Waals surface area contributed by atoms with Crippen LogP contribution < -0.4 is 16.0 Å². The van der Waals surface area contributed by atoms with Crippen molar-refractivity contribution >= 4 is 11.9 Å². The van der Waals surface area contributed by atoms with Crippen LogP contribution in [0.5, 0.6) is 0 Å². The van der Waals surface area contributed by atoms with E-state index >= 15 is 0 Å². The van der Waals surface area contributed by atoms with Crippen LogP contribution in [-0.2, 0) is 11.3 Å². The second kappa shape index (κ2) is 11.8. The second-order valence-electron chi connectivity index (χ2n) is 8.00. The van der Waals surface area contributed by atoms with Crippen molar-refractivity contribution in [3.8, 4) is 0 Å². The first kappa shape index (κ1) is 23.2. The zero-order chi connectivity index (χ0) is 21.1. The molecule has 0 aliphatic carbocycles. The van der Waals surface area contributed by atoms with Gasteiger partial charge in [0.05, 0.1) is 13.2 Å². The predicted octanol–water partition coefficient (Wildman–Crippen LogP) is 1.99. The second-order valence-corrected chi connectivity index (χ2v) is 8.00. The van der Waals surface area contributed by atoms with Gasteiger partial charge in [-0.1, -0.05) is 25.5 Å². The fourth-order valence-electron chi connectivity index (χ4n) is 3.24. The Kier molecular flexibility index (Phi) is 9.41. The van der Waals surface area contributed by atoms with Crippen molar-refractivity contribution < 1.29 is 9.53 Å². The topological polar surface area (TPSA) is 78.0 Å². The summed E-state index contributed by atoms with van der Waals surface area (Å²) in [7, 11) is 1.78. The number of ether oxygens (including phenoxy) is 1. The van der Waals surface area contributed by atoms with Crippen LogP contribution >= 0.6 is 0 Å². The first-order valence-corrected chi connectivity index (χ1v) is 10.6. The molecule has 162 valence electrons. The van der Waals surface area contributed by atoms with Gasteiger partial charge in [0.2, 0.25) is 0 Å². The van der Waals surface area contributed by atoms with Gasteiger partial charge in [-0.05, 0) is 38.0 Å². The van der Waals surface area contributed by atoms with Crippen LogP contribution in [0.25, 0.3) is 0 Å². The van der Waals surface area contributed by atoms with E-state index in [4.69, 9.17) is 4.74 Å². The number of guanidine groups is 1. The Labute approximate surface area is 175 Å². The molecule has 0 spiro atoms. The molecule has 0 atom stereocenters. The minimum absolute atomic E-state index is 0.0132. The maximum Gasteiger partial charge on any atom is 0.251 e. The Bertz CT molecular complexity index is 652. The molecule has 1 fully saturated rings. The zero-order valence-electron chi connectivity index (χ0n) is 18.4. The Morgan fingerprint density at radius 1 is 1.14 bits per heavy atom. The fourth-order valence-corrected chi connectivity index (χ4v) is 3.24. The van der Waals surface area contributed by atoms with E-state index in [9.17, 15) is 4.79 Å². The quantitative estimate of drug-likeness (QED) is 0.334. The zero-order valence-corrected chi connectivity index (χ0v) is 18.4. The highest BCUT2D eigenvalue weighted by molar-refractivity contribution is 5.94. The molecule has 0 bridgehead atoms. The molecular weight excluding hydrogens is 366 g/mol. The van der Waals surface area contributed by atoms with Crippen LogP contribution in [0.15, 0.2) is 29.3 Å². The number of rotatable bonds is 9. The Morgan fingerprint density at radius 3 is 2.45 bits per heavy atom. The highest BCUT2D eigenvalue weighted by Gasteiger charge is 2.28. The number of carbonyl (C=O) groups excluding carboxylic acids is 1. The molecule has 1 aromatic rings. The van der Waals surface area contributed by atoms with E-state index in [1.165, 1.54) is 0 Å². The first-order valence-electron chi connectivity index (χ1n) is 10.6. The molecule has 0 unspecified atom stereocenters. The van der Waals surface area contributed by atoms with E-state index < -0.39 is 0 Å². The summed E-state index contributed by atoms with van der Waals surface area (Å²) in [6.45, 7) is 12.3. The molecular formula is C22H37N5O2. The van der Waals surface area contributed by atoms with Crippen molar-refractivity contribution in [3.05, 3.63) is 35.4 Å². The smallest absolute Gasteiger partial charge is 0.251 e. The molecule has 7 nitrogen and oxygen atoms in total. The van der Waals surface area contributed by atoms with Gasteiger partial charge in [0.25, 0.3) is 5.91 Å². The normalized spacial score (nSPS) is 15.8. The summed E-state index contributed by atoms with van der Waals surface area (Å²) in [6.07, 6.45) is 2.08. The lowest BCUT2D eigenvalue weighted by molar-refractivity contribution is -0.00834. The molecule has 1 amide bonds. The molecule has 0 radical (unpaired) electrons. The molecule has 29 heavy (non-hydrogen) atoms. The van der Waals surface area contributed by atoms with Crippen LogP contribution in [-0.4, -0.2) is 68.7 Å². The van der Waals surface area contributed by atoms with Crippen LogP contribution in [0.3, 0.4) is 0 Å². The number of morpholine rings is 1. The Morgan fingerprint density at radius 2 is 1.83 bits per heavy atom. The van der Waals surface area contributed by atoms with E-state index in [-0.39, 0.29) is 11.4 Å². The minimum atomic E-state index is -0.0132. The van der Waals surface area contributed by atoms with Gasteiger partial charge in [-0.2, -0.15) is 0 Å². The highest BCUT2D eigenvalue weighted by atomic mass is 16.5. The standard InChI is InChI=1S/C22H37N5O2/c1-5-6-11-24-20(28)19-9-7-18(8-10-19)16-25-21(23-4)26-17-22(2,3)27-12-14-29-15-13-27/h7-10H,5-6,11-17H2,1-4H3,(H,24,28)(H2,23,25,26). The third-order valence-corrected chi connectivity index (χ3v) is 5.27. The van der Waals surface area contributed by atoms with Gasteiger partial charge in [-0.15, -0.1) is 0 Å². The number of unbranched alkanes of at least 4 members (excludes halogenated alkanes) is 1. The van der Waals surface area contributed by atoms with Crippen LogP contribution in [0.4, 0.5) is 0 Å². The Hall–Kier alpha value is -2.12. The lowest BCUT2D eigenvalue weighted by Crippen LogP contribution is -2.56. The molecule has 0 saturated carbocycles. The number of benzene rings is 1. The van der Waals surface area contributed by atoms with E-state index in [1.54, 1.807) is 7.05 Å². The number of hydrogen-bond acceptors (Lipinski definition) is 4. The number of nitrogens with one attached hydrogen (secondary N) is 3. The van der Waals surface area contributed by atoms with Crippen molar-refractivity contribution in [2.75, 3.05) is 46.4 Å². The average molecular weight is 404 g/mol. The van der Waals surface area contributed by atoms with Crippen molar-refractivity contribution in [1.29, 1.82) is 0 Å². The van der Waals surface area contributed by atoms with Gasteiger partial charge >= 0.3 is 0 Å². The van der Waals surface area contributed by atoms with Gasteiger partial charge in [-0.3, -0.25) is 14.7 Å². The predicted molar refractivity (Wildman–Crippen MR) is 118 cm³/mol. The molecule has 1 aliphatic rings. The van der Waals surface area contributed by atoms with Crippen LogP contribution in [0, 0.1) is 0 Å². The lowest BCUT2D eigenvalue weighted by atomic mass is 10.0. The Balaban J connectivity index is 1.79. The van der Waals surface area contributed by atoms with E-state index in [1.807, 2.05) is 24.3 Å². The summed E-state index contributed by atoms with van der Waals surface area (Å²) in [5.41, 5.74) is 1.82. The van der Waals surface area contributed by atoms with Gasteiger partial charge in [-0.25, -0.2) is 0 Å². The molecule has 1 saturated heterocycles. The lowest BCUT2D eigenvalue weighted by Gasteiger charge is -2.41. The molecule has 3 N–H and O–H groups in total. The van der Waals surface area contributed by atoms with E-state index in [2.05, 4.69) is 46.6 Å². The SMILES string of the molecule is CCCCNC(=O)c1ccc(CNC(=NC)NCC(C)(C)N2CCOCC2)cc1. The number of hydrogen-bond donors (Lipinski definition) is 3. The molecule has 2 rings (SSSR count). The average Bonchev–Trinajstić information content (AvgIpc) is 2.75. The van der Waals surface area contributed by atoms with Gasteiger partial charge < -0.3 is 20.7 Å². The van der Waals surface area contributed by atoms with E-state index in [0.717, 1.165) is 63.8 Å². The molecule has 1 heterocycles. The molecule has 1 aliphatic heterocycles. The summed E-state index contributed by atoms with van der Waals surface area (Å²) in [6, 6.07) is 7.70. The number of nitrogens with zero attached hydrogens (tertiary/aromatic N) is 2. The van der Waals surface area contributed by atoms with Crippen molar-refractivity contribution in [1.82, 2.24) is 20.9 Å². The number of carbonyl (C=O) groups is 1. The summed E-state index contributed by atoms with van der Waals surface area (Å²) in [5.74, 6) is 0.758. The van der Waals surface area contributed by atoms with Gasteiger partial charge in [0.1, 0.15) is 0 Å². The monoisotopic (exact) mass is 403 g/mol. The fraction of sp³-hybridized carbons (Fsp3) is 0.636. The minimum Gasteiger partial charge on any atom is -0.379 e. The van der Waals surface area contributed by atoms with Gasteiger partial charge in [0.15, 0.2) is 5.96 Å². The number of aliphatic imine (C=N–C) groups is 1. The summed E-state index contributed by atoms with van der Waals surface area (Å²) in [5, 5.41) is 9.72. The van der Waals surface area contributed by atoms with E-state index in [0.29, 0.717) is 12.1 Å². The van der Waals surface area contributed by atoms with Crippen molar-refractivity contribution in [2.45, 2.75) is 45.7 Å². The third-order valence-electron chi connectivity index (χ3n) is 5.27. The first-order chi connectivity index (χ1) is 14.0. The highest BCUT2D eigenvalue weighted by Crippen LogP contribution is 2.15. The molecule has 1 aromatic carbocycles. The molecule has 7 heteroatoms. The van der Waals surface area contributed by atoms with Crippen molar-refractivity contribution in [2.24, 2.45) is 4.99 Å². The number of amides is 1.